The van der Waals surface area contributed by atoms with E-state index >= 15 is 0 Å². The zero-order valence-corrected chi connectivity index (χ0v) is 15.3. The summed E-state index contributed by atoms with van der Waals surface area (Å²) >= 11 is 1.26. The van der Waals surface area contributed by atoms with E-state index in [1.54, 1.807) is 0 Å². The molecule has 0 aliphatic heterocycles. The van der Waals surface area contributed by atoms with Crippen molar-refractivity contribution >= 4 is 21.6 Å². The third-order valence-electron chi connectivity index (χ3n) is 3.52. The molecular formula is C18H16FNO3S2. The molecule has 0 bridgehead atoms. The number of benzene rings is 2. The highest BCUT2D eigenvalue weighted by Gasteiger charge is 2.28. The quantitative estimate of drug-likeness (QED) is 0.475. The van der Waals surface area contributed by atoms with Gasteiger partial charge in [0.2, 0.25) is 25.8 Å². The van der Waals surface area contributed by atoms with Crippen LogP contribution in [-0.2, 0) is 9.84 Å². The number of oxazole rings is 1. The smallest absolute Gasteiger partial charge is 0.228 e. The molecule has 0 saturated carbocycles. The number of aromatic nitrogens is 1. The Hall–Kier alpha value is -2.12. The maximum absolute atomic E-state index is 13.1. The Morgan fingerprint density at radius 1 is 1.08 bits per heavy atom. The van der Waals surface area contributed by atoms with Crippen LogP contribution in [-0.4, -0.2) is 19.2 Å². The number of hydrogen-bond acceptors (Lipinski definition) is 5. The third kappa shape index (κ3) is 3.62. The van der Waals surface area contributed by atoms with Crippen LogP contribution in [0.4, 0.5) is 4.39 Å². The largest absolute Gasteiger partial charge is 0.428 e. The lowest BCUT2D eigenvalue weighted by atomic mass is 10.1. The first-order valence-corrected chi connectivity index (χ1v) is 10.1. The molecule has 7 heteroatoms. The molecular weight excluding hydrogens is 361 g/mol. The van der Waals surface area contributed by atoms with Crippen molar-refractivity contribution < 1.29 is 17.2 Å². The average Bonchev–Trinajstić information content (AvgIpc) is 3.01. The van der Waals surface area contributed by atoms with E-state index in [2.05, 4.69) is 4.98 Å². The highest BCUT2D eigenvalue weighted by Crippen LogP contribution is 2.34. The van der Waals surface area contributed by atoms with Crippen LogP contribution in [0.2, 0.25) is 0 Å². The maximum atomic E-state index is 13.1. The number of rotatable bonds is 5. The second kappa shape index (κ2) is 7.01. The zero-order valence-electron chi connectivity index (χ0n) is 13.7. The van der Waals surface area contributed by atoms with Gasteiger partial charge < -0.3 is 4.42 Å². The first-order chi connectivity index (χ1) is 11.9. The summed E-state index contributed by atoms with van der Waals surface area (Å²) in [6, 6.07) is 12.1. The van der Waals surface area contributed by atoms with Crippen molar-refractivity contribution in [1.29, 1.82) is 0 Å². The molecule has 0 spiro atoms. The molecule has 4 nitrogen and oxygen atoms in total. The number of sulfone groups is 1. The summed E-state index contributed by atoms with van der Waals surface area (Å²) in [7, 11) is -3.90. The van der Waals surface area contributed by atoms with Crippen LogP contribution in [0.5, 0.6) is 0 Å². The molecule has 0 saturated heterocycles. The molecule has 1 aromatic heterocycles. The molecule has 25 heavy (non-hydrogen) atoms. The summed E-state index contributed by atoms with van der Waals surface area (Å²) < 4.78 is 44.6. The number of hydrogen-bond donors (Lipinski definition) is 0. The molecule has 0 fully saturated rings. The number of aryl methyl sites for hydroxylation is 1. The molecule has 3 rings (SSSR count). The molecule has 3 aromatic rings. The van der Waals surface area contributed by atoms with Crippen LogP contribution < -0.4 is 0 Å². The Morgan fingerprint density at radius 2 is 1.72 bits per heavy atom. The average molecular weight is 377 g/mol. The highest BCUT2D eigenvalue weighted by molar-refractivity contribution is 8.00. The SMILES string of the molecule is CCSc1oc(-c2ccc(C)cc2)nc1S(=O)(=O)c1ccc(F)cc1. The molecule has 0 aliphatic rings. The van der Waals surface area contributed by atoms with Gasteiger partial charge in [-0.1, -0.05) is 36.4 Å². The van der Waals surface area contributed by atoms with Crippen LogP contribution >= 0.6 is 11.8 Å². The van der Waals surface area contributed by atoms with Gasteiger partial charge in [-0.2, -0.15) is 4.98 Å². The summed E-state index contributed by atoms with van der Waals surface area (Å²) in [6.07, 6.45) is 0. The van der Waals surface area contributed by atoms with Gasteiger partial charge in [0.25, 0.3) is 0 Å². The van der Waals surface area contributed by atoms with Crippen molar-refractivity contribution in [3.63, 3.8) is 0 Å². The van der Waals surface area contributed by atoms with Gasteiger partial charge >= 0.3 is 0 Å². The fourth-order valence-electron chi connectivity index (χ4n) is 2.23. The van der Waals surface area contributed by atoms with Crippen molar-refractivity contribution in [3.05, 3.63) is 59.9 Å². The van der Waals surface area contributed by atoms with E-state index in [1.165, 1.54) is 23.9 Å². The Labute approximate surface area is 150 Å². The van der Waals surface area contributed by atoms with Crippen molar-refractivity contribution in [3.8, 4) is 11.5 Å². The second-order valence-corrected chi connectivity index (χ2v) is 8.47. The Morgan fingerprint density at radius 3 is 2.32 bits per heavy atom. The van der Waals surface area contributed by atoms with E-state index in [9.17, 15) is 12.8 Å². The third-order valence-corrected chi connectivity index (χ3v) is 6.15. The standard InChI is InChI=1S/C18H16FNO3S2/c1-3-24-18-17(25(21,22)15-10-8-14(19)9-11-15)20-16(23-18)13-6-4-12(2)5-7-13/h4-11H,3H2,1-2H3. The van der Waals surface area contributed by atoms with Crippen molar-refractivity contribution in [2.75, 3.05) is 5.75 Å². The molecule has 0 unspecified atom stereocenters. The van der Waals surface area contributed by atoms with Gasteiger partial charge in [-0.05, 0) is 49.1 Å². The van der Waals surface area contributed by atoms with E-state index in [-0.39, 0.29) is 20.9 Å². The van der Waals surface area contributed by atoms with E-state index in [0.717, 1.165) is 17.7 Å². The number of nitrogens with zero attached hydrogens (tertiary/aromatic N) is 1. The molecule has 0 N–H and O–H groups in total. The van der Waals surface area contributed by atoms with Gasteiger partial charge in [-0.3, -0.25) is 0 Å². The first-order valence-electron chi connectivity index (χ1n) is 7.63. The molecule has 130 valence electrons. The summed E-state index contributed by atoms with van der Waals surface area (Å²) in [5.74, 6) is 0.383. The normalized spacial score (nSPS) is 11.6. The summed E-state index contributed by atoms with van der Waals surface area (Å²) in [5.41, 5.74) is 1.78. The van der Waals surface area contributed by atoms with Crippen LogP contribution in [0, 0.1) is 12.7 Å². The summed E-state index contributed by atoms with van der Waals surface area (Å²) in [6.45, 7) is 3.86. The minimum Gasteiger partial charge on any atom is -0.428 e. The highest BCUT2D eigenvalue weighted by atomic mass is 32.2. The van der Waals surface area contributed by atoms with E-state index in [4.69, 9.17) is 4.42 Å². The lowest BCUT2D eigenvalue weighted by Gasteiger charge is -2.02. The van der Waals surface area contributed by atoms with Gasteiger partial charge in [-0.25, -0.2) is 12.8 Å². The number of halogens is 1. The predicted molar refractivity (Wildman–Crippen MR) is 94.9 cm³/mol. The van der Waals surface area contributed by atoms with E-state index in [1.807, 2.05) is 38.1 Å². The van der Waals surface area contributed by atoms with E-state index in [0.29, 0.717) is 11.3 Å². The van der Waals surface area contributed by atoms with Crippen LogP contribution in [0.1, 0.15) is 12.5 Å². The Balaban J connectivity index is 2.11. The van der Waals surface area contributed by atoms with Crippen molar-refractivity contribution in [2.45, 2.75) is 28.9 Å². The van der Waals surface area contributed by atoms with Crippen LogP contribution in [0.25, 0.3) is 11.5 Å². The fourth-order valence-corrected chi connectivity index (χ4v) is 4.49. The minimum atomic E-state index is -3.90. The molecule has 0 amide bonds. The monoisotopic (exact) mass is 377 g/mol. The summed E-state index contributed by atoms with van der Waals surface area (Å²) in [5, 5.41) is 0.101. The maximum Gasteiger partial charge on any atom is 0.228 e. The van der Waals surface area contributed by atoms with Gasteiger partial charge in [0.05, 0.1) is 4.90 Å². The molecule has 2 aromatic carbocycles. The zero-order chi connectivity index (χ0) is 18.0. The van der Waals surface area contributed by atoms with E-state index < -0.39 is 15.7 Å². The second-order valence-electron chi connectivity index (χ2n) is 5.37. The van der Waals surface area contributed by atoms with Crippen LogP contribution in [0.15, 0.2) is 68.0 Å². The van der Waals surface area contributed by atoms with Crippen LogP contribution in [0.3, 0.4) is 0 Å². The minimum absolute atomic E-state index is 0.0180. The molecule has 0 radical (unpaired) electrons. The molecule has 1 heterocycles. The van der Waals surface area contributed by atoms with Crippen molar-refractivity contribution in [1.82, 2.24) is 4.98 Å². The van der Waals surface area contributed by atoms with Gasteiger partial charge in [0.1, 0.15) is 5.82 Å². The lowest BCUT2D eigenvalue weighted by Crippen LogP contribution is -2.04. The lowest BCUT2D eigenvalue weighted by molar-refractivity contribution is 0.470. The number of thioether (sulfide) groups is 1. The Bertz CT molecular complexity index is 978. The van der Waals surface area contributed by atoms with Gasteiger partial charge in [-0.15, -0.1) is 0 Å². The van der Waals surface area contributed by atoms with Gasteiger partial charge in [0, 0.05) is 5.56 Å². The predicted octanol–water partition coefficient (Wildman–Crippen LogP) is 4.73. The molecule has 0 aliphatic carbocycles. The molecule has 0 atom stereocenters. The van der Waals surface area contributed by atoms with Gasteiger partial charge in [0.15, 0.2) is 0 Å². The summed E-state index contributed by atoms with van der Waals surface area (Å²) in [4.78, 5) is 4.21. The topological polar surface area (TPSA) is 60.2 Å². The van der Waals surface area contributed by atoms with Crippen molar-refractivity contribution in [2.24, 2.45) is 0 Å². The fraction of sp³-hybridized carbons (Fsp3) is 0.167. The first kappa shape index (κ1) is 17.7. The Kier molecular flexibility index (Phi) is 4.96.